The Morgan fingerprint density at radius 1 is 1.59 bits per heavy atom. The number of aryl methyl sites for hydroxylation is 2. The van der Waals surface area contributed by atoms with E-state index in [0.29, 0.717) is 12.2 Å². The van der Waals surface area contributed by atoms with Gasteiger partial charge in [-0.25, -0.2) is 13.4 Å². The number of carbonyl (C=O) groups is 1. The Bertz CT molecular complexity index is 492. The molecule has 1 aromatic rings. The minimum atomic E-state index is -3.35. The molecule has 0 aliphatic heterocycles. The molecule has 0 fully saturated rings. The summed E-state index contributed by atoms with van der Waals surface area (Å²) in [5.41, 5.74) is 0. The summed E-state index contributed by atoms with van der Waals surface area (Å²) in [5.74, 6) is -1.69. The molecule has 17 heavy (non-hydrogen) atoms. The summed E-state index contributed by atoms with van der Waals surface area (Å²) >= 11 is 0. The maximum absolute atomic E-state index is 11.7. The summed E-state index contributed by atoms with van der Waals surface area (Å²) < 4.78 is 25.0. The molecule has 7 heteroatoms. The SMILES string of the molecule is CC(CS(=O)(=O)CCc1nccn1C)C(=O)O. The van der Waals surface area contributed by atoms with Crippen LogP contribution in [0, 0.1) is 5.92 Å². The van der Waals surface area contributed by atoms with Crippen LogP contribution in [-0.2, 0) is 28.1 Å². The van der Waals surface area contributed by atoms with Crippen molar-refractivity contribution in [3.8, 4) is 0 Å². The van der Waals surface area contributed by atoms with Gasteiger partial charge in [0.2, 0.25) is 0 Å². The zero-order valence-corrected chi connectivity index (χ0v) is 10.6. The summed E-state index contributed by atoms with van der Waals surface area (Å²) in [6.07, 6.45) is 3.64. The first-order valence-electron chi connectivity index (χ1n) is 5.21. The lowest BCUT2D eigenvalue weighted by Gasteiger charge is -2.07. The van der Waals surface area contributed by atoms with Gasteiger partial charge >= 0.3 is 5.97 Å². The number of aromatic nitrogens is 2. The molecule has 1 atom stereocenters. The minimum absolute atomic E-state index is 0.0739. The summed E-state index contributed by atoms with van der Waals surface area (Å²) in [5, 5.41) is 8.66. The van der Waals surface area contributed by atoms with Gasteiger partial charge in [-0.05, 0) is 0 Å². The van der Waals surface area contributed by atoms with Gasteiger partial charge in [-0.15, -0.1) is 0 Å². The molecule has 0 aromatic carbocycles. The van der Waals surface area contributed by atoms with Crippen molar-refractivity contribution >= 4 is 15.8 Å². The highest BCUT2D eigenvalue weighted by molar-refractivity contribution is 7.91. The van der Waals surface area contributed by atoms with Crippen LogP contribution in [0.1, 0.15) is 12.7 Å². The number of sulfone groups is 1. The van der Waals surface area contributed by atoms with Gasteiger partial charge in [-0.1, -0.05) is 6.92 Å². The summed E-state index contributed by atoms with van der Waals surface area (Å²) in [6.45, 7) is 1.39. The molecule has 1 rings (SSSR count). The predicted molar refractivity (Wildman–Crippen MR) is 62.4 cm³/mol. The quantitative estimate of drug-likeness (QED) is 0.783. The normalized spacial score (nSPS) is 13.5. The van der Waals surface area contributed by atoms with E-state index in [1.807, 2.05) is 0 Å². The largest absolute Gasteiger partial charge is 0.481 e. The maximum Gasteiger partial charge on any atom is 0.307 e. The van der Waals surface area contributed by atoms with Crippen molar-refractivity contribution in [1.29, 1.82) is 0 Å². The molecule has 1 aromatic heterocycles. The molecular weight excluding hydrogens is 244 g/mol. The van der Waals surface area contributed by atoms with E-state index in [0.717, 1.165) is 0 Å². The first-order chi connectivity index (χ1) is 7.82. The number of aliphatic carboxylic acids is 1. The highest BCUT2D eigenvalue weighted by atomic mass is 32.2. The molecule has 0 spiro atoms. The first kappa shape index (κ1) is 13.7. The molecule has 0 aliphatic carbocycles. The van der Waals surface area contributed by atoms with Crippen LogP contribution in [0.15, 0.2) is 12.4 Å². The lowest BCUT2D eigenvalue weighted by atomic mass is 10.2. The second-order valence-electron chi connectivity index (χ2n) is 4.06. The number of rotatable bonds is 6. The number of carboxylic acids is 1. The van der Waals surface area contributed by atoms with Gasteiger partial charge in [0.1, 0.15) is 5.82 Å². The van der Waals surface area contributed by atoms with E-state index >= 15 is 0 Å². The molecule has 0 saturated carbocycles. The summed E-state index contributed by atoms with van der Waals surface area (Å²) in [7, 11) is -1.57. The Labute approximate surface area is 100 Å². The smallest absolute Gasteiger partial charge is 0.307 e. The van der Waals surface area contributed by atoms with E-state index in [1.54, 1.807) is 24.0 Å². The Morgan fingerprint density at radius 2 is 2.24 bits per heavy atom. The molecule has 1 heterocycles. The van der Waals surface area contributed by atoms with E-state index in [4.69, 9.17) is 5.11 Å². The van der Waals surface area contributed by atoms with Crippen molar-refractivity contribution in [2.45, 2.75) is 13.3 Å². The van der Waals surface area contributed by atoms with E-state index in [-0.39, 0.29) is 11.5 Å². The van der Waals surface area contributed by atoms with Gasteiger partial charge < -0.3 is 9.67 Å². The highest BCUT2D eigenvalue weighted by Gasteiger charge is 2.21. The zero-order valence-electron chi connectivity index (χ0n) is 9.83. The van der Waals surface area contributed by atoms with Gasteiger partial charge in [0.15, 0.2) is 9.84 Å². The average molecular weight is 260 g/mol. The monoisotopic (exact) mass is 260 g/mol. The Balaban J connectivity index is 2.56. The first-order valence-corrected chi connectivity index (χ1v) is 7.03. The van der Waals surface area contributed by atoms with E-state index in [2.05, 4.69) is 4.98 Å². The lowest BCUT2D eigenvalue weighted by molar-refractivity contribution is -0.140. The van der Waals surface area contributed by atoms with Crippen molar-refractivity contribution in [2.24, 2.45) is 13.0 Å². The van der Waals surface area contributed by atoms with Gasteiger partial charge in [0, 0.05) is 25.9 Å². The number of imidazole rings is 1. The number of carboxylic acid groups (broad SMARTS) is 1. The fourth-order valence-electron chi connectivity index (χ4n) is 1.42. The van der Waals surface area contributed by atoms with Crippen LogP contribution in [0.4, 0.5) is 0 Å². The number of hydrogen-bond acceptors (Lipinski definition) is 4. The van der Waals surface area contributed by atoms with Crippen LogP contribution in [-0.4, -0.2) is 40.6 Å². The molecule has 0 saturated heterocycles. The fourth-order valence-corrected chi connectivity index (χ4v) is 2.98. The lowest BCUT2D eigenvalue weighted by Crippen LogP contribution is -2.24. The molecule has 0 aliphatic rings. The molecule has 1 N–H and O–H groups in total. The van der Waals surface area contributed by atoms with Crippen molar-refractivity contribution in [2.75, 3.05) is 11.5 Å². The van der Waals surface area contributed by atoms with Crippen LogP contribution < -0.4 is 0 Å². The van der Waals surface area contributed by atoms with Gasteiger partial charge in [0.25, 0.3) is 0 Å². The third-order valence-electron chi connectivity index (χ3n) is 2.48. The molecule has 6 nitrogen and oxygen atoms in total. The Kier molecular flexibility index (Phi) is 4.28. The average Bonchev–Trinajstić information content (AvgIpc) is 2.60. The van der Waals surface area contributed by atoms with Crippen LogP contribution in [0.5, 0.6) is 0 Å². The van der Waals surface area contributed by atoms with Crippen LogP contribution in [0.2, 0.25) is 0 Å². The van der Waals surface area contributed by atoms with Crippen LogP contribution >= 0.6 is 0 Å². The standard InChI is InChI=1S/C10H16N2O4S/c1-8(10(13)14)7-17(15,16)6-3-9-11-4-5-12(9)2/h4-5,8H,3,6-7H2,1-2H3,(H,13,14). The van der Waals surface area contributed by atoms with E-state index in [1.165, 1.54) is 6.92 Å². The van der Waals surface area contributed by atoms with E-state index in [9.17, 15) is 13.2 Å². The number of nitrogens with zero attached hydrogens (tertiary/aromatic N) is 2. The zero-order chi connectivity index (χ0) is 13.1. The third kappa shape index (κ3) is 4.18. The van der Waals surface area contributed by atoms with Gasteiger partial charge in [0.05, 0.1) is 17.4 Å². The predicted octanol–water partition coefficient (Wildman–Crippen LogP) is 0.0981. The second-order valence-corrected chi connectivity index (χ2v) is 6.29. The topological polar surface area (TPSA) is 89.3 Å². The van der Waals surface area contributed by atoms with Gasteiger partial charge in [-0.3, -0.25) is 4.79 Å². The maximum atomic E-state index is 11.7. The molecule has 1 unspecified atom stereocenters. The van der Waals surface area contributed by atoms with Crippen LogP contribution in [0.3, 0.4) is 0 Å². The van der Waals surface area contributed by atoms with Crippen molar-refractivity contribution in [1.82, 2.24) is 9.55 Å². The van der Waals surface area contributed by atoms with Crippen molar-refractivity contribution in [3.63, 3.8) is 0 Å². The molecular formula is C10H16N2O4S. The molecule has 96 valence electrons. The second kappa shape index (κ2) is 5.31. The molecule has 0 radical (unpaired) electrons. The van der Waals surface area contributed by atoms with Crippen molar-refractivity contribution in [3.05, 3.63) is 18.2 Å². The number of hydrogen-bond donors (Lipinski definition) is 1. The Hall–Kier alpha value is -1.37. The van der Waals surface area contributed by atoms with Gasteiger partial charge in [-0.2, -0.15) is 0 Å². The van der Waals surface area contributed by atoms with E-state index < -0.39 is 21.7 Å². The van der Waals surface area contributed by atoms with Crippen LogP contribution in [0.25, 0.3) is 0 Å². The summed E-state index contributed by atoms with van der Waals surface area (Å²) in [6, 6.07) is 0. The van der Waals surface area contributed by atoms with Crippen molar-refractivity contribution < 1.29 is 18.3 Å². The summed E-state index contributed by atoms with van der Waals surface area (Å²) in [4.78, 5) is 14.6. The minimum Gasteiger partial charge on any atom is -0.481 e. The third-order valence-corrected chi connectivity index (χ3v) is 4.32. The fraction of sp³-hybridized carbons (Fsp3) is 0.600. The highest BCUT2D eigenvalue weighted by Crippen LogP contribution is 2.05. The molecule has 0 bridgehead atoms. The molecule has 0 amide bonds. The Morgan fingerprint density at radius 3 is 2.71 bits per heavy atom.